The average molecular weight is 451 g/mol. The first-order valence-corrected chi connectivity index (χ1v) is 12.0. The van der Waals surface area contributed by atoms with E-state index in [1.807, 2.05) is 24.3 Å². The van der Waals surface area contributed by atoms with Crippen LogP contribution < -0.4 is 10.2 Å². The van der Waals surface area contributed by atoms with Gasteiger partial charge in [-0.2, -0.15) is 0 Å². The third-order valence-corrected chi connectivity index (χ3v) is 8.35. The normalized spacial score (nSPS) is 29.2. The standard InChI is InChI=1S/C25H27BrN2O/c26-18-7-1-4-15(10-18)25(29)27-19-11-22-20-8-2-5-16(20)13-28-14-17-6-3-9-21(17)23(12-19)24(22)28/h1,4,7,10-12,16-17,20-21H,2-3,5-6,8-9,13-14H2,(H,27,29). The van der Waals surface area contributed by atoms with Gasteiger partial charge in [-0.15, -0.1) is 0 Å². The van der Waals surface area contributed by atoms with Crippen molar-refractivity contribution < 1.29 is 4.79 Å². The molecule has 2 aromatic rings. The highest BCUT2D eigenvalue weighted by Crippen LogP contribution is 2.56. The summed E-state index contributed by atoms with van der Waals surface area (Å²) in [7, 11) is 0. The first-order chi connectivity index (χ1) is 14.2. The Kier molecular flexibility index (Phi) is 4.26. The Hall–Kier alpha value is -1.81. The van der Waals surface area contributed by atoms with Crippen LogP contribution in [0.4, 0.5) is 11.4 Å². The summed E-state index contributed by atoms with van der Waals surface area (Å²) < 4.78 is 0.934. The van der Waals surface area contributed by atoms with Crippen molar-refractivity contribution in [3.05, 3.63) is 57.6 Å². The van der Waals surface area contributed by atoms with Crippen LogP contribution in [0.5, 0.6) is 0 Å². The van der Waals surface area contributed by atoms with Crippen LogP contribution in [-0.2, 0) is 0 Å². The zero-order valence-corrected chi connectivity index (χ0v) is 18.2. The SMILES string of the molecule is O=C(Nc1cc2c3c(c1)C1CCCC1CN3CC1CCCC21)c1cccc(Br)c1. The Morgan fingerprint density at radius 3 is 2.21 bits per heavy atom. The Morgan fingerprint density at radius 2 is 1.59 bits per heavy atom. The molecule has 2 saturated carbocycles. The summed E-state index contributed by atoms with van der Waals surface area (Å²) in [6, 6.07) is 12.2. The van der Waals surface area contributed by atoms with Gasteiger partial charge in [0, 0.05) is 34.5 Å². The molecule has 2 heterocycles. The number of hydrogen-bond donors (Lipinski definition) is 1. The molecule has 2 aliphatic carbocycles. The van der Waals surface area contributed by atoms with Crippen molar-refractivity contribution >= 4 is 33.2 Å². The van der Waals surface area contributed by atoms with Gasteiger partial charge < -0.3 is 10.2 Å². The smallest absolute Gasteiger partial charge is 0.255 e. The van der Waals surface area contributed by atoms with Gasteiger partial charge in [0.1, 0.15) is 0 Å². The number of amides is 1. The lowest BCUT2D eigenvalue weighted by atomic mass is 9.75. The maximum Gasteiger partial charge on any atom is 0.255 e. The second-order valence-corrected chi connectivity index (χ2v) is 10.4. The number of rotatable bonds is 2. The lowest BCUT2D eigenvalue weighted by molar-refractivity contribution is 0.102. The van der Waals surface area contributed by atoms with E-state index in [2.05, 4.69) is 38.3 Å². The summed E-state index contributed by atoms with van der Waals surface area (Å²) in [5.74, 6) is 2.93. The predicted octanol–water partition coefficient (Wildman–Crippen LogP) is 6.30. The summed E-state index contributed by atoms with van der Waals surface area (Å²) in [4.78, 5) is 15.6. The number of nitrogens with zero attached hydrogens (tertiary/aromatic N) is 1. The van der Waals surface area contributed by atoms with Gasteiger partial charge in [0.15, 0.2) is 0 Å². The highest BCUT2D eigenvalue weighted by atomic mass is 79.9. The molecule has 6 rings (SSSR count). The Bertz CT molecular complexity index is 942. The number of carbonyl (C=O) groups is 1. The summed E-state index contributed by atoms with van der Waals surface area (Å²) in [6.07, 6.45) is 8.03. The van der Waals surface area contributed by atoms with Crippen molar-refractivity contribution in [1.82, 2.24) is 0 Å². The molecular weight excluding hydrogens is 424 g/mol. The number of anilines is 2. The van der Waals surface area contributed by atoms with E-state index in [9.17, 15) is 4.79 Å². The number of fused-ring (bicyclic) bond motifs is 4. The average Bonchev–Trinajstić information content (AvgIpc) is 3.37. The lowest BCUT2D eigenvalue weighted by Crippen LogP contribution is -2.43. The fourth-order valence-corrected chi connectivity index (χ4v) is 7.07. The molecule has 4 heteroatoms. The van der Waals surface area contributed by atoms with Crippen molar-refractivity contribution in [3.63, 3.8) is 0 Å². The zero-order chi connectivity index (χ0) is 19.5. The molecule has 29 heavy (non-hydrogen) atoms. The molecule has 4 unspecified atom stereocenters. The van der Waals surface area contributed by atoms with E-state index in [0.29, 0.717) is 17.4 Å². The number of halogens is 1. The van der Waals surface area contributed by atoms with Crippen molar-refractivity contribution in [2.24, 2.45) is 11.8 Å². The molecule has 1 amide bonds. The molecule has 2 fully saturated rings. The molecule has 4 atom stereocenters. The molecule has 4 aliphatic rings. The highest BCUT2D eigenvalue weighted by molar-refractivity contribution is 9.10. The third kappa shape index (κ3) is 2.94. The molecule has 0 spiro atoms. The number of hydrogen-bond acceptors (Lipinski definition) is 2. The first-order valence-electron chi connectivity index (χ1n) is 11.2. The van der Waals surface area contributed by atoms with Crippen molar-refractivity contribution in [3.8, 4) is 0 Å². The molecule has 0 bridgehead atoms. The molecule has 0 radical (unpaired) electrons. The second kappa shape index (κ2) is 6.87. The largest absolute Gasteiger partial charge is 0.370 e. The zero-order valence-electron chi connectivity index (χ0n) is 16.7. The van der Waals surface area contributed by atoms with Gasteiger partial charge in [-0.3, -0.25) is 4.79 Å². The molecule has 3 nitrogen and oxygen atoms in total. The molecular formula is C25H27BrN2O. The van der Waals surface area contributed by atoms with E-state index >= 15 is 0 Å². The van der Waals surface area contributed by atoms with Crippen LogP contribution in [0.1, 0.15) is 71.8 Å². The van der Waals surface area contributed by atoms with Crippen LogP contribution >= 0.6 is 15.9 Å². The van der Waals surface area contributed by atoms with Crippen LogP contribution in [-0.4, -0.2) is 19.0 Å². The van der Waals surface area contributed by atoms with Crippen molar-refractivity contribution in [1.29, 1.82) is 0 Å². The minimum atomic E-state index is -0.0205. The summed E-state index contributed by atoms with van der Waals surface area (Å²) in [5.41, 5.74) is 6.27. The van der Waals surface area contributed by atoms with E-state index in [1.54, 1.807) is 0 Å². The van der Waals surface area contributed by atoms with E-state index < -0.39 is 0 Å². The minimum Gasteiger partial charge on any atom is -0.370 e. The predicted molar refractivity (Wildman–Crippen MR) is 121 cm³/mol. The maximum atomic E-state index is 12.9. The van der Waals surface area contributed by atoms with Crippen LogP contribution in [0.25, 0.3) is 0 Å². The Morgan fingerprint density at radius 1 is 0.931 bits per heavy atom. The maximum absolute atomic E-state index is 12.9. The monoisotopic (exact) mass is 450 g/mol. The van der Waals surface area contributed by atoms with Crippen LogP contribution in [0.15, 0.2) is 40.9 Å². The van der Waals surface area contributed by atoms with Gasteiger partial charge in [0.05, 0.1) is 0 Å². The second-order valence-electron chi connectivity index (χ2n) is 9.47. The number of nitrogens with one attached hydrogen (secondary N) is 1. The van der Waals surface area contributed by atoms with Crippen LogP contribution in [0.3, 0.4) is 0 Å². The number of benzene rings is 2. The molecule has 0 aromatic heterocycles. The van der Waals surface area contributed by atoms with Gasteiger partial charge in [-0.25, -0.2) is 0 Å². The molecule has 1 N–H and O–H groups in total. The highest BCUT2D eigenvalue weighted by Gasteiger charge is 2.44. The van der Waals surface area contributed by atoms with Gasteiger partial charge in [0.25, 0.3) is 5.91 Å². The fraction of sp³-hybridized carbons (Fsp3) is 0.480. The van der Waals surface area contributed by atoms with Crippen molar-refractivity contribution in [2.75, 3.05) is 23.3 Å². The first kappa shape index (κ1) is 18.0. The minimum absolute atomic E-state index is 0.0205. The van der Waals surface area contributed by atoms with Gasteiger partial charge in [-0.1, -0.05) is 34.8 Å². The Balaban J connectivity index is 1.42. The summed E-state index contributed by atoms with van der Waals surface area (Å²) in [5, 5.41) is 3.23. The lowest BCUT2D eigenvalue weighted by Gasteiger charge is -2.46. The summed E-state index contributed by atoms with van der Waals surface area (Å²) in [6.45, 7) is 2.50. The topological polar surface area (TPSA) is 32.3 Å². The van der Waals surface area contributed by atoms with Crippen LogP contribution in [0.2, 0.25) is 0 Å². The third-order valence-electron chi connectivity index (χ3n) is 7.86. The van der Waals surface area contributed by atoms with Gasteiger partial charge in [-0.05, 0) is 90.8 Å². The van der Waals surface area contributed by atoms with E-state index in [4.69, 9.17) is 0 Å². The van der Waals surface area contributed by atoms with E-state index in [-0.39, 0.29) is 5.91 Å². The van der Waals surface area contributed by atoms with Gasteiger partial charge in [0.2, 0.25) is 0 Å². The molecule has 0 saturated heterocycles. The summed E-state index contributed by atoms with van der Waals surface area (Å²) >= 11 is 3.48. The number of carbonyl (C=O) groups excluding carboxylic acids is 1. The Labute approximate surface area is 181 Å². The molecule has 2 aliphatic heterocycles. The molecule has 2 aromatic carbocycles. The van der Waals surface area contributed by atoms with Crippen LogP contribution in [0, 0.1) is 11.8 Å². The van der Waals surface area contributed by atoms with Gasteiger partial charge >= 0.3 is 0 Å². The van der Waals surface area contributed by atoms with E-state index in [0.717, 1.165) is 22.0 Å². The quantitative estimate of drug-likeness (QED) is 0.581. The molecule has 150 valence electrons. The fourth-order valence-electron chi connectivity index (χ4n) is 6.67. The van der Waals surface area contributed by atoms with E-state index in [1.165, 1.54) is 68.4 Å². The van der Waals surface area contributed by atoms with Crippen molar-refractivity contribution in [2.45, 2.75) is 50.4 Å².